The van der Waals surface area contributed by atoms with Crippen molar-refractivity contribution in [2.45, 2.75) is 78.6 Å². The van der Waals surface area contributed by atoms with Crippen LogP contribution in [-0.4, -0.2) is 44.9 Å². The van der Waals surface area contributed by atoms with E-state index in [0.29, 0.717) is 67.2 Å². The van der Waals surface area contributed by atoms with E-state index in [0.717, 1.165) is 33.4 Å². The van der Waals surface area contributed by atoms with Crippen LogP contribution in [0.4, 0.5) is 39.8 Å². The van der Waals surface area contributed by atoms with Gasteiger partial charge in [-0.15, -0.1) is 0 Å². The van der Waals surface area contributed by atoms with Crippen molar-refractivity contribution in [1.29, 1.82) is 5.26 Å². The molecule has 0 saturated carbocycles. The van der Waals surface area contributed by atoms with Gasteiger partial charge in [0, 0.05) is 0 Å². The normalized spacial score (nSPS) is 14.9. The van der Waals surface area contributed by atoms with Gasteiger partial charge >= 0.3 is 725 Å². The molecule has 0 spiro atoms. The topological polar surface area (TPSA) is 44.5 Å². The maximum absolute atomic E-state index is 12.2. The number of anilines is 6. The van der Waals surface area contributed by atoms with Crippen LogP contribution in [-0.2, 0) is 16.2 Å². The van der Waals surface area contributed by atoms with E-state index in [2.05, 4.69) is 104 Å². The molecule has 0 unspecified atom stereocenters. The minimum absolute atomic E-state index is 0.0180. The molecular formula is C108H81BN6Se2. The molecule has 4 aromatic heterocycles. The Morgan fingerprint density at radius 1 is 0.368 bits per heavy atom. The molecule has 0 radical (unpaired) electrons. The molecule has 0 bridgehead atoms. The van der Waals surface area contributed by atoms with Gasteiger partial charge < -0.3 is 0 Å². The summed E-state index contributed by atoms with van der Waals surface area (Å²) < 4.78 is 195. The van der Waals surface area contributed by atoms with Crippen LogP contribution in [0.5, 0.6) is 0 Å². The Bertz CT molecular complexity index is 7940. The van der Waals surface area contributed by atoms with Gasteiger partial charge in [0.05, 0.1) is 0 Å². The van der Waals surface area contributed by atoms with Crippen molar-refractivity contribution in [3.05, 3.63) is 361 Å². The van der Waals surface area contributed by atoms with Gasteiger partial charge in [-0.2, -0.15) is 0 Å². The van der Waals surface area contributed by atoms with E-state index in [1.54, 1.807) is 60.7 Å². The summed E-state index contributed by atoms with van der Waals surface area (Å²) in [5.41, 5.74) is 7.49. The molecule has 21 rings (SSSR count). The van der Waals surface area contributed by atoms with Crippen LogP contribution in [0, 0.1) is 17.9 Å². The number of fused-ring (bicyclic) bond motifs is 14. The third-order valence-electron chi connectivity index (χ3n) is 22.8. The van der Waals surface area contributed by atoms with Crippen LogP contribution in [0.25, 0.3) is 144 Å². The van der Waals surface area contributed by atoms with Gasteiger partial charge in [0.15, 0.2) is 0 Å². The Balaban J connectivity index is 1.03. The second-order valence-corrected chi connectivity index (χ2v) is 37.3. The summed E-state index contributed by atoms with van der Waals surface area (Å²) in [6, 6.07) is 63.9. The first-order valence-corrected chi connectivity index (χ1v) is 42.4. The summed E-state index contributed by atoms with van der Waals surface area (Å²) in [7, 11) is 0. The molecule has 0 fully saturated rings. The van der Waals surface area contributed by atoms with Crippen LogP contribution >= 0.6 is 0 Å². The minimum atomic E-state index is -1.56. The third kappa shape index (κ3) is 11.8. The zero-order valence-corrected chi connectivity index (χ0v) is 68.8. The van der Waals surface area contributed by atoms with Crippen molar-refractivity contribution in [1.82, 2.24) is 9.13 Å². The molecule has 6 nitrogen and oxygen atoms in total. The van der Waals surface area contributed by atoms with Gasteiger partial charge in [-0.3, -0.25) is 0 Å². The quantitative estimate of drug-likeness (QED) is 0.101. The molecule has 558 valence electrons. The monoisotopic (exact) mass is 1650 g/mol. The van der Waals surface area contributed by atoms with E-state index < -0.39 is 136 Å². The van der Waals surface area contributed by atoms with Crippen molar-refractivity contribution in [3.63, 3.8) is 0 Å². The number of hydrogen-bond donors (Lipinski definition) is 0. The van der Waals surface area contributed by atoms with Crippen molar-refractivity contribution in [2.24, 2.45) is 0 Å². The summed E-state index contributed by atoms with van der Waals surface area (Å²) in [6.07, 6.45) is 0. The number of nitriles is 1. The Labute approximate surface area is 720 Å². The first-order valence-electron chi connectivity index (χ1n) is 48.0. The predicted octanol–water partition coefficient (Wildman–Crippen LogP) is 26.7. The molecule has 6 heterocycles. The van der Waals surface area contributed by atoms with Crippen molar-refractivity contribution in [2.75, 3.05) is 9.80 Å². The van der Waals surface area contributed by atoms with E-state index in [1.165, 1.54) is 9.13 Å². The second-order valence-electron chi connectivity index (χ2n) is 33.1. The Morgan fingerprint density at radius 2 is 0.726 bits per heavy atom. The van der Waals surface area contributed by atoms with Crippen molar-refractivity contribution >= 4 is 153 Å². The fourth-order valence-corrected chi connectivity index (χ4v) is 21.7. The Kier molecular flexibility index (Phi) is 12.8. The fraction of sp³-hybridized carbons (Fsp3) is 0.111. The average molecular weight is 1650 g/mol. The van der Waals surface area contributed by atoms with E-state index in [1.807, 2.05) is 137 Å². The van der Waals surface area contributed by atoms with Gasteiger partial charge in [0.25, 0.3) is 0 Å². The molecule has 2 aliphatic heterocycles. The molecule has 0 saturated heterocycles. The number of rotatable bonds is 10. The number of aromatic nitrogens is 2. The van der Waals surface area contributed by atoms with Gasteiger partial charge in [-0.1, -0.05) is 0 Å². The standard InChI is InChI=1S/C108H81BN6Se2/c1-106(2,3)75-56-83(69-33-21-13-22-34-69)102(84(57-75)70-35-23-14-24-36-70)114-93-63-79(112-91-54-73(67-29-17-11-18-30-67)42-47-81(91)99-87-53-66(65-110)41-51-97(87)116-104(99)112)45-49-89(93)109-90-50-46-80(113-92-55-74(68-31-19-12-20-32-68)43-48-82(92)100-88-62-78(111-10)44-52-98(88)117-105(100)113)64-94(90)115(96-61-77(108(7,8)9)60-95(114)101(96)109)103-85(71-37-25-15-26-38-71)58-76(107(4,5)6)59-86(103)72-39-27-16-28-40-72/h11-64H,1-9H3/i41D,42D,43D,44D,45D,46D,47D,48D,49D,50D,51D,52D,53D,54D,55D,62D,63D,64D. The molecule has 0 aliphatic carbocycles. The van der Waals surface area contributed by atoms with Crippen LogP contribution < -0.4 is 26.2 Å². The van der Waals surface area contributed by atoms with Crippen LogP contribution in [0.15, 0.2) is 327 Å². The van der Waals surface area contributed by atoms with Crippen LogP contribution in [0.2, 0.25) is 0 Å². The first kappa shape index (κ1) is 54.8. The zero-order valence-electron chi connectivity index (χ0n) is 83.4. The van der Waals surface area contributed by atoms with Crippen molar-refractivity contribution in [3.8, 4) is 84.2 Å². The summed E-state index contributed by atoms with van der Waals surface area (Å²) in [5, 5.41) is 11.1. The molecule has 15 aromatic carbocycles. The fourth-order valence-electron chi connectivity index (χ4n) is 16.9. The molecule has 0 N–H and O–H groups in total. The molecule has 9 heteroatoms. The zero-order chi connectivity index (χ0) is 95.2. The second kappa shape index (κ2) is 27.4. The van der Waals surface area contributed by atoms with Crippen LogP contribution in [0.3, 0.4) is 0 Å². The third-order valence-corrected chi connectivity index (χ3v) is 27.3. The van der Waals surface area contributed by atoms with Crippen LogP contribution in [0.1, 0.15) is 109 Å². The van der Waals surface area contributed by atoms with E-state index in [-0.39, 0.29) is 142 Å². The SMILES string of the molecule is [2H]c1c([2H])c(-n2c3[se]c4c([2H])c([2H])c(C#N)c([2H])c4c3c3c([2H])c([2H])c(-c4ccccc4)c([2H])c32)c([2H])c2c1B1c3c(cc(C(C)(C)C)cc3N(c3c(-c4ccccc4)cc(C(C)(C)C)cc3-c3ccccc3)c3c([2H])c(-n4c5[se]c6c([2H])c([2H])c([N+]#[C-])c([2H])c6c5c5c([2H])c([2H])c(-c6ccccc6)c([2H])c54)c([2H])c([2H])c31)N2c1c(-c2ccccc2)cc(C(C)(C)C)cc1-c1ccccc1. The number of nitrogens with zero attached hydrogens (tertiary/aromatic N) is 6. The summed E-state index contributed by atoms with van der Waals surface area (Å²) >= 11 is -2.44. The number of benzene rings is 15. The molecule has 19 aromatic rings. The average Bonchev–Trinajstić information content (AvgIpc) is 1.36. The van der Waals surface area contributed by atoms with Gasteiger partial charge in [0.1, 0.15) is 0 Å². The summed E-state index contributed by atoms with van der Waals surface area (Å²) in [5.74, 6) is 0. The Morgan fingerprint density at radius 3 is 1.09 bits per heavy atom. The Hall–Kier alpha value is -12.9. The molecule has 0 atom stereocenters. The van der Waals surface area contributed by atoms with Crippen molar-refractivity contribution < 1.29 is 24.7 Å². The summed E-state index contributed by atoms with van der Waals surface area (Å²) in [6.45, 7) is 25.9. The molecule has 0 amide bonds. The molecular weight excluding hydrogens is 1550 g/mol. The predicted molar refractivity (Wildman–Crippen MR) is 498 cm³/mol. The van der Waals surface area contributed by atoms with Gasteiger partial charge in [0.2, 0.25) is 0 Å². The molecule has 2 aliphatic rings. The number of hydrogen-bond acceptors (Lipinski definition) is 3. The van der Waals surface area contributed by atoms with E-state index in [4.69, 9.17) is 6.57 Å². The van der Waals surface area contributed by atoms with Gasteiger partial charge in [-0.05, 0) is 0 Å². The summed E-state index contributed by atoms with van der Waals surface area (Å²) in [4.78, 5) is 7.70. The first-order chi connectivity index (χ1) is 64.4. The van der Waals surface area contributed by atoms with E-state index >= 15 is 0 Å². The maximum atomic E-state index is 12.2. The van der Waals surface area contributed by atoms with E-state index in [9.17, 15) is 29.9 Å². The molecule has 117 heavy (non-hydrogen) atoms. The van der Waals surface area contributed by atoms with Gasteiger partial charge in [-0.25, -0.2) is 0 Å².